The van der Waals surface area contributed by atoms with Crippen LogP contribution in [-0.2, 0) is 0 Å². The third kappa shape index (κ3) is 3.42. The van der Waals surface area contributed by atoms with Gasteiger partial charge in [0, 0.05) is 11.3 Å². The predicted octanol–water partition coefficient (Wildman–Crippen LogP) is 3.44. The normalized spacial score (nSPS) is 12.0. The van der Waals surface area contributed by atoms with Crippen molar-refractivity contribution in [3.63, 3.8) is 0 Å². The van der Waals surface area contributed by atoms with Gasteiger partial charge in [-0.05, 0) is 55.3 Å². The molecule has 4 heteroatoms. The third-order valence-electron chi connectivity index (χ3n) is 2.96. The van der Waals surface area contributed by atoms with E-state index in [1.54, 1.807) is 44.2 Å². The molecule has 2 aromatic rings. The Morgan fingerprint density at radius 2 is 1.85 bits per heavy atom. The molecule has 1 unspecified atom stereocenters. The Labute approximate surface area is 117 Å². The average molecular weight is 273 g/mol. The summed E-state index contributed by atoms with van der Waals surface area (Å²) in [5.74, 6) is -0.794. The SMILES string of the molecule is Cc1cc(F)cc(C(=O)Nc2ccc(C(C)O)cc2)c1. The minimum atomic E-state index is -0.550. The predicted molar refractivity (Wildman–Crippen MR) is 76.2 cm³/mol. The summed E-state index contributed by atoms with van der Waals surface area (Å²) in [6.45, 7) is 3.40. The van der Waals surface area contributed by atoms with Crippen molar-refractivity contribution in [2.75, 3.05) is 5.32 Å². The van der Waals surface area contributed by atoms with Crippen LogP contribution >= 0.6 is 0 Å². The number of carbonyl (C=O) groups excluding carboxylic acids is 1. The maximum Gasteiger partial charge on any atom is 0.255 e. The van der Waals surface area contributed by atoms with E-state index >= 15 is 0 Å². The number of aryl methyl sites for hydroxylation is 1. The summed E-state index contributed by atoms with van der Waals surface area (Å²) in [6, 6.07) is 11.1. The number of nitrogens with one attached hydrogen (secondary N) is 1. The molecular formula is C16H16FNO2. The maximum atomic E-state index is 13.3. The number of carbonyl (C=O) groups is 1. The highest BCUT2D eigenvalue weighted by Gasteiger charge is 2.08. The van der Waals surface area contributed by atoms with Crippen molar-refractivity contribution in [1.29, 1.82) is 0 Å². The van der Waals surface area contributed by atoms with Crippen molar-refractivity contribution in [1.82, 2.24) is 0 Å². The topological polar surface area (TPSA) is 49.3 Å². The molecule has 20 heavy (non-hydrogen) atoms. The number of rotatable bonds is 3. The van der Waals surface area contributed by atoms with Crippen LogP contribution in [0.3, 0.4) is 0 Å². The number of anilines is 1. The molecular weight excluding hydrogens is 257 g/mol. The first-order chi connectivity index (χ1) is 9.45. The lowest BCUT2D eigenvalue weighted by molar-refractivity contribution is 0.102. The van der Waals surface area contributed by atoms with Gasteiger partial charge < -0.3 is 10.4 Å². The van der Waals surface area contributed by atoms with E-state index < -0.39 is 11.9 Å². The molecule has 104 valence electrons. The van der Waals surface area contributed by atoms with Crippen LogP contribution in [-0.4, -0.2) is 11.0 Å². The van der Waals surface area contributed by atoms with Crippen LogP contribution in [0.4, 0.5) is 10.1 Å². The van der Waals surface area contributed by atoms with Crippen molar-refractivity contribution in [3.8, 4) is 0 Å². The van der Waals surface area contributed by atoms with Gasteiger partial charge in [-0.3, -0.25) is 4.79 Å². The molecule has 0 aliphatic heterocycles. The molecule has 1 atom stereocenters. The maximum absolute atomic E-state index is 13.3. The van der Waals surface area contributed by atoms with E-state index in [-0.39, 0.29) is 11.5 Å². The lowest BCUT2D eigenvalue weighted by Crippen LogP contribution is -2.12. The largest absolute Gasteiger partial charge is 0.389 e. The van der Waals surface area contributed by atoms with Crippen molar-refractivity contribution >= 4 is 11.6 Å². The zero-order valence-corrected chi connectivity index (χ0v) is 11.4. The molecule has 2 rings (SSSR count). The minimum absolute atomic E-state index is 0.280. The van der Waals surface area contributed by atoms with Gasteiger partial charge in [0.25, 0.3) is 5.91 Å². The van der Waals surface area contributed by atoms with Gasteiger partial charge in [-0.15, -0.1) is 0 Å². The summed E-state index contributed by atoms with van der Waals surface area (Å²) in [4.78, 5) is 12.0. The van der Waals surface area contributed by atoms with Gasteiger partial charge in [-0.2, -0.15) is 0 Å². The summed E-state index contributed by atoms with van der Waals surface area (Å²) in [5, 5.41) is 12.1. The van der Waals surface area contributed by atoms with E-state index in [0.717, 1.165) is 5.56 Å². The first kappa shape index (κ1) is 14.2. The van der Waals surface area contributed by atoms with Gasteiger partial charge >= 0.3 is 0 Å². The number of halogens is 1. The zero-order valence-electron chi connectivity index (χ0n) is 11.4. The molecule has 2 aromatic carbocycles. The fourth-order valence-corrected chi connectivity index (χ4v) is 1.92. The second-order valence-electron chi connectivity index (χ2n) is 4.77. The van der Waals surface area contributed by atoms with Crippen molar-refractivity contribution < 1.29 is 14.3 Å². The van der Waals surface area contributed by atoms with Crippen LogP contribution in [0.2, 0.25) is 0 Å². The van der Waals surface area contributed by atoms with Gasteiger partial charge in [-0.1, -0.05) is 12.1 Å². The van der Waals surface area contributed by atoms with Crippen molar-refractivity contribution in [2.24, 2.45) is 0 Å². The summed E-state index contributed by atoms with van der Waals surface area (Å²) < 4.78 is 13.3. The molecule has 0 aliphatic carbocycles. The summed E-state index contributed by atoms with van der Waals surface area (Å²) in [6.07, 6.45) is -0.550. The smallest absolute Gasteiger partial charge is 0.255 e. The van der Waals surface area contributed by atoms with E-state index in [0.29, 0.717) is 11.3 Å². The van der Waals surface area contributed by atoms with Gasteiger partial charge in [0.2, 0.25) is 0 Å². The van der Waals surface area contributed by atoms with Gasteiger partial charge in [0.15, 0.2) is 0 Å². The Bertz CT molecular complexity index is 601. The van der Waals surface area contributed by atoms with Crippen LogP contribution in [0, 0.1) is 12.7 Å². The Kier molecular flexibility index (Phi) is 4.15. The van der Waals surface area contributed by atoms with Crippen molar-refractivity contribution in [3.05, 3.63) is 65.0 Å². The fourth-order valence-electron chi connectivity index (χ4n) is 1.92. The van der Waals surface area contributed by atoms with Crippen molar-refractivity contribution in [2.45, 2.75) is 20.0 Å². The number of aliphatic hydroxyl groups excluding tert-OH is 1. The van der Waals surface area contributed by atoms with E-state index in [2.05, 4.69) is 5.32 Å². The van der Waals surface area contributed by atoms with Crippen LogP contribution in [0.1, 0.15) is 34.5 Å². The first-order valence-corrected chi connectivity index (χ1v) is 6.32. The number of aliphatic hydroxyl groups is 1. The van der Waals surface area contributed by atoms with Crippen LogP contribution in [0.5, 0.6) is 0 Å². The molecule has 0 spiro atoms. The highest BCUT2D eigenvalue weighted by atomic mass is 19.1. The number of benzene rings is 2. The van der Waals surface area contributed by atoms with Crippen LogP contribution in [0.15, 0.2) is 42.5 Å². The Hall–Kier alpha value is -2.20. The van der Waals surface area contributed by atoms with E-state index in [1.165, 1.54) is 12.1 Å². The second-order valence-corrected chi connectivity index (χ2v) is 4.77. The zero-order chi connectivity index (χ0) is 14.7. The van der Waals surface area contributed by atoms with Gasteiger partial charge in [0.05, 0.1) is 6.10 Å². The monoisotopic (exact) mass is 273 g/mol. The standard InChI is InChI=1S/C16H16FNO2/c1-10-7-13(9-14(17)8-10)16(20)18-15-5-3-12(4-6-15)11(2)19/h3-9,11,19H,1-2H3,(H,18,20). The molecule has 3 nitrogen and oxygen atoms in total. The third-order valence-corrected chi connectivity index (χ3v) is 2.96. The summed E-state index contributed by atoms with van der Waals surface area (Å²) in [5.41, 5.74) is 2.34. The molecule has 1 amide bonds. The van der Waals surface area contributed by atoms with Gasteiger partial charge in [-0.25, -0.2) is 4.39 Å². The Balaban J connectivity index is 2.14. The van der Waals surface area contributed by atoms with Crippen LogP contribution in [0.25, 0.3) is 0 Å². The summed E-state index contributed by atoms with van der Waals surface area (Å²) in [7, 11) is 0. The quantitative estimate of drug-likeness (QED) is 0.900. The number of amides is 1. The molecule has 0 bridgehead atoms. The first-order valence-electron chi connectivity index (χ1n) is 6.32. The highest BCUT2D eigenvalue weighted by Crippen LogP contribution is 2.17. The lowest BCUT2D eigenvalue weighted by atomic mass is 10.1. The molecule has 0 saturated heterocycles. The van der Waals surface area contributed by atoms with E-state index in [1.807, 2.05) is 0 Å². The second kappa shape index (κ2) is 5.84. The minimum Gasteiger partial charge on any atom is -0.389 e. The lowest BCUT2D eigenvalue weighted by Gasteiger charge is -2.08. The fraction of sp³-hybridized carbons (Fsp3) is 0.188. The van der Waals surface area contributed by atoms with E-state index in [9.17, 15) is 14.3 Å². The summed E-state index contributed by atoms with van der Waals surface area (Å²) >= 11 is 0. The number of hydrogen-bond donors (Lipinski definition) is 2. The Morgan fingerprint density at radius 3 is 2.40 bits per heavy atom. The number of hydrogen-bond acceptors (Lipinski definition) is 2. The Morgan fingerprint density at radius 1 is 1.20 bits per heavy atom. The highest BCUT2D eigenvalue weighted by molar-refractivity contribution is 6.04. The molecule has 0 heterocycles. The molecule has 0 radical (unpaired) electrons. The molecule has 0 saturated carbocycles. The van der Waals surface area contributed by atoms with Gasteiger partial charge in [0.1, 0.15) is 5.82 Å². The molecule has 2 N–H and O–H groups in total. The van der Waals surface area contributed by atoms with E-state index in [4.69, 9.17) is 0 Å². The molecule has 0 aliphatic rings. The van der Waals surface area contributed by atoms with Crippen LogP contribution < -0.4 is 5.32 Å². The molecule has 0 aromatic heterocycles. The average Bonchev–Trinajstić information content (AvgIpc) is 2.38. The molecule has 0 fully saturated rings.